The summed E-state index contributed by atoms with van der Waals surface area (Å²) in [7, 11) is 1.52. The summed E-state index contributed by atoms with van der Waals surface area (Å²) in [4.78, 5) is 79.8. The fourth-order valence-corrected chi connectivity index (χ4v) is 9.55. The van der Waals surface area contributed by atoms with Gasteiger partial charge in [0.1, 0.15) is 36.4 Å². The number of nitrogens with zero attached hydrogens (tertiary/aromatic N) is 6. The van der Waals surface area contributed by atoms with Crippen LogP contribution in [-0.4, -0.2) is 184 Å². The van der Waals surface area contributed by atoms with Crippen molar-refractivity contribution in [2.75, 3.05) is 128 Å². The van der Waals surface area contributed by atoms with Gasteiger partial charge in [-0.2, -0.15) is 0 Å². The number of nitrogens with one attached hydrogen (secondary N) is 4. The summed E-state index contributed by atoms with van der Waals surface area (Å²) in [5, 5.41) is 12.3. The van der Waals surface area contributed by atoms with Crippen molar-refractivity contribution in [2.24, 2.45) is 0 Å². The van der Waals surface area contributed by atoms with Gasteiger partial charge in [0.05, 0.1) is 69.6 Å². The molecule has 3 aromatic carbocycles. The molecule has 4 aliphatic rings. The Labute approximate surface area is 427 Å². The monoisotopic (exact) mass is 1030 g/mol. The SMILES string of the molecule is COc1cc2ncnc(Nc3ccc(F)c(Cl)c3)c2cc1NC(=O)/C=C/CN1CCC(N2CCN(C(=O)COCCOCCOCCOCCNc3cccc4c3CN(C3CCC(=O)NC3=O)C4=O)CC2)CC1. The number of hydrogen-bond acceptors (Lipinski definition) is 16. The number of ether oxygens (including phenoxy) is 5. The number of carbonyl (C=O) groups excluding carboxylic acids is 5. The van der Waals surface area contributed by atoms with Gasteiger partial charge in [-0.3, -0.25) is 39.1 Å². The smallest absolute Gasteiger partial charge is 0.255 e. The third kappa shape index (κ3) is 14.3. The van der Waals surface area contributed by atoms with Crippen LogP contribution in [-0.2, 0) is 44.7 Å². The first-order valence-corrected chi connectivity index (χ1v) is 25.0. The van der Waals surface area contributed by atoms with Gasteiger partial charge in [0.2, 0.25) is 23.6 Å². The largest absolute Gasteiger partial charge is 0.494 e. The number of carbonyl (C=O) groups is 5. The highest BCUT2D eigenvalue weighted by Crippen LogP contribution is 2.35. The second-order valence-electron chi connectivity index (χ2n) is 17.9. The lowest BCUT2D eigenvalue weighted by atomic mass is 10.0. The van der Waals surface area contributed by atoms with Crippen molar-refractivity contribution >= 4 is 74.9 Å². The topological polar surface area (TPSA) is 218 Å². The third-order valence-corrected chi connectivity index (χ3v) is 13.5. The van der Waals surface area contributed by atoms with E-state index in [1.807, 2.05) is 17.0 Å². The number of anilines is 4. The standard InChI is InChI=1S/C51H62ClFN10O10/c1-69-45-30-42-37(49(56-33-55-42)57-34-7-8-40(53)39(52)28-34)29-43(45)58-46(64)6-3-14-60-15-11-35(12-16-60)61-17-19-62(20-18-61)48(66)32-73-27-26-72-25-24-71-23-22-70-21-13-54-41-5-2-4-36-38(41)31-63(51(36)68)44-9-10-47(65)59-50(44)67/h2-8,28-30,33,35,44,54H,9-27,31-32H2,1H3,(H,58,64)(H,55,56,57)(H,59,65,67)/b6-3+. The number of halogens is 2. The maximum atomic E-state index is 13.7. The van der Waals surface area contributed by atoms with Gasteiger partial charge >= 0.3 is 0 Å². The zero-order chi connectivity index (χ0) is 51.1. The van der Waals surface area contributed by atoms with Crippen molar-refractivity contribution in [3.63, 3.8) is 0 Å². The zero-order valence-electron chi connectivity index (χ0n) is 40.9. The normalized spacial score (nSPS) is 17.8. The van der Waals surface area contributed by atoms with E-state index in [9.17, 15) is 28.4 Å². The predicted molar refractivity (Wildman–Crippen MR) is 270 cm³/mol. The van der Waals surface area contributed by atoms with Crippen LogP contribution in [0.15, 0.2) is 67.0 Å². The number of methoxy groups -OCH3 is 1. The molecule has 0 spiro atoms. The molecular weight excluding hydrogens is 967 g/mol. The summed E-state index contributed by atoms with van der Waals surface area (Å²) in [6.45, 7) is 8.91. The molecule has 0 aliphatic carbocycles. The molecule has 20 nitrogen and oxygen atoms in total. The number of likely N-dealkylation sites (tertiary alicyclic amines) is 1. The molecule has 1 unspecified atom stereocenters. The van der Waals surface area contributed by atoms with E-state index in [1.165, 1.54) is 36.5 Å². The van der Waals surface area contributed by atoms with Crippen LogP contribution in [0.3, 0.4) is 0 Å². The Morgan fingerprint density at radius 3 is 2.33 bits per heavy atom. The number of imide groups is 1. The zero-order valence-corrected chi connectivity index (χ0v) is 41.6. The van der Waals surface area contributed by atoms with Crippen molar-refractivity contribution in [3.8, 4) is 5.75 Å². The molecule has 390 valence electrons. The fourth-order valence-electron chi connectivity index (χ4n) is 9.37. The molecule has 0 bridgehead atoms. The second kappa shape index (κ2) is 26.1. The van der Waals surface area contributed by atoms with Crippen LogP contribution in [0.4, 0.5) is 27.3 Å². The van der Waals surface area contributed by atoms with Crippen LogP contribution in [0.1, 0.15) is 41.6 Å². The molecule has 5 amide bonds. The number of rotatable bonds is 24. The van der Waals surface area contributed by atoms with Crippen LogP contribution in [0, 0.1) is 5.82 Å². The average Bonchev–Trinajstić information content (AvgIpc) is 3.73. The van der Waals surface area contributed by atoms with Gasteiger partial charge in [-0.05, 0) is 68.8 Å². The van der Waals surface area contributed by atoms with E-state index >= 15 is 0 Å². The van der Waals surface area contributed by atoms with Crippen LogP contribution >= 0.6 is 11.6 Å². The molecule has 3 fully saturated rings. The van der Waals surface area contributed by atoms with E-state index in [0.29, 0.717) is 131 Å². The quantitative estimate of drug-likeness (QED) is 0.0439. The maximum absolute atomic E-state index is 13.7. The Balaban J connectivity index is 0.629. The predicted octanol–water partition coefficient (Wildman–Crippen LogP) is 4.22. The number of amides is 5. The highest BCUT2D eigenvalue weighted by atomic mass is 35.5. The lowest BCUT2D eigenvalue weighted by Gasteiger charge is -2.42. The van der Waals surface area contributed by atoms with Crippen LogP contribution in [0.2, 0.25) is 5.02 Å². The molecule has 1 aromatic heterocycles. The minimum Gasteiger partial charge on any atom is -0.494 e. The molecule has 1 atom stereocenters. The Bertz CT molecular complexity index is 2630. The maximum Gasteiger partial charge on any atom is 0.255 e. The fraction of sp³-hybridized carbons (Fsp3) is 0.471. The van der Waals surface area contributed by atoms with Crippen molar-refractivity contribution < 1.29 is 52.0 Å². The summed E-state index contributed by atoms with van der Waals surface area (Å²) in [6.07, 6.45) is 7.32. The Kier molecular flexibility index (Phi) is 18.9. The van der Waals surface area contributed by atoms with Crippen molar-refractivity contribution in [1.82, 2.24) is 34.9 Å². The minimum atomic E-state index is -0.658. The van der Waals surface area contributed by atoms with E-state index in [-0.39, 0.29) is 41.7 Å². The number of piperazine rings is 1. The average molecular weight is 1030 g/mol. The molecule has 0 radical (unpaired) electrons. The number of benzene rings is 3. The van der Waals surface area contributed by atoms with Gasteiger partial charge in [0, 0.05) is 98.3 Å². The van der Waals surface area contributed by atoms with Gasteiger partial charge in [-0.25, -0.2) is 14.4 Å². The van der Waals surface area contributed by atoms with E-state index in [0.717, 1.165) is 50.3 Å². The van der Waals surface area contributed by atoms with Gasteiger partial charge in [0.25, 0.3) is 5.91 Å². The summed E-state index contributed by atoms with van der Waals surface area (Å²) < 4.78 is 41.8. The summed E-state index contributed by atoms with van der Waals surface area (Å²) in [5.41, 5.74) is 3.76. The van der Waals surface area contributed by atoms with Gasteiger partial charge < -0.3 is 49.4 Å². The molecule has 73 heavy (non-hydrogen) atoms. The number of fused-ring (bicyclic) bond motifs is 2. The highest BCUT2D eigenvalue weighted by Gasteiger charge is 2.40. The van der Waals surface area contributed by atoms with Crippen molar-refractivity contribution in [2.45, 2.75) is 44.3 Å². The lowest BCUT2D eigenvalue weighted by Crippen LogP contribution is -2.54. The molecule has 4 N–H and O–H groups in total. The molecule has 22 heteroatoms. The van der Waals surface area contributed by atoms with Crippen LogP contribution < -0.4 is 26.0 Å². The van der Waals surface area contributed by atoms with Crippen molar-refractivity contribution in [1.29, 1.82) is 0 Å². The first-order valence-electron chi connectivity index (χ1n) is 24.6. The first-order chi connectivity index (χ1) is 35.5. The number of hydrogen-bond donors (Lipinski definition) is 4. The molecule has 3 saturated heterocycles. The molecule has 8 rings (SSSR count). The number of piperidine rings is 2. The Morgan fingerprint density at radius 2 is 1.60 bits per heavy atom. The van der Waals surface area contributed by atoms with E-state index in [1.54, 1.807) is 30.3 Å². The Morgan fingerprint density at radius 1 is 0.863 bits per heavy atom. The summed E-state index contributed by atoms with van der Waals surface area (Å²) in [6, 6.07) is 13.0. The lowest BCUT2D eigenvalue weighted by molar-refractivity contribution is -0.139. The molecular formula is C51H62ClFN10O10. The molecule has 4 aliphatic heterocycles. The Hall–Kier alpha value is -6.33. The van der Waals surface area contributed by atoms with Crippen LogP contribution in [0.25, 0.3) is 10.9 Å². The third-order valence-electron chi connectivity index (χ3n) is 13.3. The van der Waals surface area contributed by atoms with Gasteiger partial charge in [0.15, 0.2) is 0 Å². The van der Waals surface area contributed by atoms with Gasteiger partial charge in [-0.1, -0.05) is 23.7 Å². The van der Waals surface area contributed by atoms with Gasteiger partial charge in [-0.15, -0.1) is 0 Å². The van der Waals surface area contributed by atoms with E-state index < -0.39 is 17.8 Å². The molecule has 5 heterocycles. The first kappa shape index (κ1) is 53.0. The summed E-state index contributed by atoms with van der Waals surface area (Å²) >= 11 is 5.97. The number of aromatic nitrogens is 2. The van der Waals surface area contributed by atoms with Crippen molar-refractivity contribution in [3.05, 3.63) is 89.0 Å². The molecule has 4 aromatic rings. The second-order valence-corrected chi connectivity index (χ2v) is 18.3. The van der Waals surface area contributed by atoms with Crippen LogP contribution in [0.5, 0.6) is 5.75 Å². The minimum absolute atomic E-state index is 0.0136. The molecule has 0 saturated carbocycles. The van der Waals surface area contributed by atoms with E-state index in [2.05, 4.69) is 41.0 Å². The van der Waals surface area contributed by atoms with E-state index in [4.69, 9.17) is 35.3 Å². The highest BCUT2D eigenvalue weighted by molar-refractivity contribution is 6.31. The summed E-state index contributed by atoms with van der Waals surface area (Å²) in [5.74, 6) is -0.927.